The van der Waals surface area contributed by atoms with Gasteiger partial charge in [-0.1, -0.05) is 12.1 Å². The number of hydrogen-bond donors (Lipinski definition) is 1. The van der Waals surface area contributed by atoms with Crippen molar-refractivity contribution >= 4 is 5.95 Å². The molecule has 1 aromatic heterocycles. The molecule has 0 radical (unpaired) electrons. The zero-order valence-corrected chi connectivity index (χ0v) is 10.4. The summed E-state index contributed by atoms with van der Waals surface area (Å²) in [7, 11) is 3.61. The Hall–Kier alpha value is -1.97. The lowest BCUT2D eigenvalue weighted by Crippen LogP contribution is -2.02. The number of rotatable bonds is 3. The summed E-state index contributed by atoms with van der Waals surface area (Å²) in [5, 5.41) is 0. The van der Waals surface area contributed by atoms with Crippen molar-refractivity contribution in [3.8, 4) is 5.75 Å². The van der Waals surface area contributed by atoms with E-state index in [1.165, 1.54) is 5.56 Å². The minimum atomic E-state index is 0.561. The Morgan fingerprint density at radius 2 is 1.94 bits per heavy atom. The lowest BCUT2D eigenvalue weighted by molar-refractivity contribution is 0.414. The van der Waals surface area contributed by atoms with Gasteiger partial charge in [-0.15, -0.1) is 0 Å². The zero-order valence-electron chi connectivity index (χ0n) is 10.4. The van der Waals surface area contributed by atoms with Crippen LogP contribution in [0.2, 0.25) is 0 Å². The molecular weight excluding hydrogens is 214 g/mol. The van der Waals surface area contributed by atoms with Gasteiger partial charge in [0.15, 0.2) is 5.95 Å². The van der Waals surface area contributed by atoms with Crippen LogP contribution in [-0.4, -0.2) is 16.7 Å². The quantitative estimate of drug-likeness (QED) is 0.878. The van der Waals surface area contributed by atoms with E-state index in [1.54, 1.807) is 7.11 Å². The highest BCUT2D eigenvalue weighted by Crippen LogP contribution is 2.18. The van der Waals surface area contributed by atoms with Crippen molar-refractivity contribution in [1.29, 1.82) is 0 Å². The van der Waals surface area contributed by atoms with Gasteiger partial charge >= 0.3 is 0 Å². The first-order chi connectivity index (χ1) is 8.11. The maximum Gasteiger partial charge on any atom is 0.200 e. The zero-order chi connectivity index (χ0) is 12.4. The molecule has 0 aliphatic rings. The van der Waals surface area contributed by atoms with Crippen LogP contribution >= 0.6 is 0 Å². The number of benzene rings is 1. The van der Waals surface area contributed by atoms with Crippen LogP contribution < -0.4 is 10.5 Å². The molecule has 0 unspecified atom stereocenters. The van der Waals surface area contributed by atoms with Crippen LogP contribution in [0.25, 0.3) is 0 Å². The Morgan fingerprint density at radius 3 is 2.41 bits per heavy atom. The van der Waals surface area contributed by atoms with Crippen LogP contribution in [0.4, 0.5) is 5.95 Å². The van der Waals surface area contributed by atoms with Crippen molar-refractivity contribution in [2.75, 3.05) is 12.8 Å². The van der Waals surface area contributed by atoms with Crippen molar-refractivity contribution in [2.45, 2.75) is 13.3 Å². The van der Waals surface area contributed by atoms with E-state index in [2.05, 4.69) is 17.1 Å². The van der Waals surface area contributed by atoms with E-state index in [-0.39, 0.29) is 0 Å². The smallest absolute Gasteiger partial charge is 0.200 e. The van der Waals surface area contributed by atoms with E-state index in [4.69, 9.17) is 10.5 Å². The van der Waals surface area contributed by atoms with Crippen molar-refractivity contribution in [3.63, 3.8) is 0 Å². The average molecular weight is 231 g/mol. The Kier molecular flexibility index (Phi) is 3.04. The van der Waals surface area contributed by atoms with Crippen molar-refractivity contribution in [2.24, 2.45) is 7.05 Å². The van der Waals surface area contributed by atoms with Gasteiger partial charge in [0.05, 0.1) is 12.8 Å². The predicted octanol–water partition coefficient (Wildman–Crippen LogP) is 1.91. The van der Waals surface area contributed by atoms with Gasteiger partial charge in [-0.05, 0) is 24.6 Å². The first kappa shape index (κ1) is 11.5. The lowest BCUT2D eigenvalue weighted by atomic mass is 10.1. The molecule has 0 spiro atoms. The van der Waals surface area contributed by atoms with Crippen molar-refractivity contribution in [1.82, 2.24) is 9.55 Å². The molecule has 2 N–H and O–H groups in total. The maximum atomic E-state index is 5.77. The van der Waals surface area contributed by atoms with Crippen LogP contribution in [0.15, 0.2) is 24.3 Å². The number of ether oxygens (including phenoxy) is 1. The second-order valence-electron chi connectivity index (χ2n) is 4.09. The molecular formula is C13H17N3O. The Bertz CT molecular complexity index is 514. The van der Waals surface area contributed by atoms with Crippen LogP contribution in [0.1, 0.15) is 17.0 Å². The largest absolute Gasteiger partial charge is 0.497 e. The summed E-state index contributed by atoms with van der Waals surface area (Å²) in [5.41, 5.74) is 9.12. The van der Waals surface area contributed by atoms with E-state index in [9.17, 15) is 0 Å². The number of anilines is 1. The molecule has 1 aromatic carbocycles. The summed E-state index contributed by atoms with van der Waals surface area (Å²) in [5.74, 6) is 1.43. The lowest BCUT2D eigenvalue weighted by Gasteiger charge is -2.06. The highest BCUT2D eigenvalue weighted by atomic mass is 16.5. The van der Waals surface area contributed by atoms with Gasteiger partial charge in [0.2, 0.25) is 0 Å². The van der Waals surface area contributed by atoms with Crippen LogP contribution in [0, 0.1) is 6.92 Å². The second-order valence-corrected chi connectivity index (χ2v) is 4.09. The third kappa shape index (κ3) is 2.25. The SMILES string of the molecule is COc1ccc(Cc2c(C)nc(N)n2C)cc1. The summed E-state index contributed by atoms with van der Waals surface area (Å²) in [6.45, 7) is 1.98. The van der Waals surface area contributed by atoms with Gasteiger partial charge in [0.1, 0.15) is 5.75 Å². The van der Waals surface area contributed by atoms with E-state index in [0.29, 0.717) is 5.95 Å². The van der Waals surface area contributed by atoms with Crippen LogP contribution in [0.5, 0.6) is 5.75 Å². The molecule has 0 amide bonds. The number of nitrogens with two attached hydrogens (primary N) is 1. The van der Waals surface area contributed by atoms with Crippen molar-refractivity contribution in [3.05, 3.63) is 41.2 Å². The maximum absolute atomic E-state index is 5.77. The third-order valence-electron chi connectivity index (χ3n) is 2.98. The molecule has 90 valence electrons. The number of aryl methyl sites for hydroxylation is 1. The number of nitrogens with zero attached hydrogens (tertiary/aromatic N) is 2. The molecule has 0 aliphatic heterocycles. The molecule has 0 aliphatic carbocycles. The fraction of sp³-hybridized carbons (Fsp3) is 0.308. The molecule has 17 heavy (non-hydrogen) atoms. The summed E-state index contributed by atoms with van der Waals surface area (Å²) in [6, 6.07) is 8.04. The number of aromatic nitrogens is 2. The van der Waals surface area contributed by atoms with Gasteiger partial charge in [-0.3, -0.25) is 0 Å². The normalized spacial score (nSPS) is 10.5. The molecule has 0 bridgehead atoms. The van der Waals surface area contributed by atoms with Crippen LogP contribution in [0.3, 0.4) is 0 Å². The molecule has 1 heterocycles. The topological polar surface area (TPSA) is 53.1 Å². The van der Waals surface area contributed by atoms with E-state index >= 15 is 0 Å². The number of methoxy groups -OCH3 is 1. The minimum absolute atomic E-state index is 0.561. The molecule has 0 atom stereocenters. The predicted molar refractivity (Wildman–Crippen MR) is 68.2 cm³/mol. The first-order valence-corrected chi connectivity index (χ1v) is 5.52. The van der Waals surface area contributed by atoms with E-state index in [0.717, 1.165) is 23.6 Å². The standard InChI is InChI=1S/C13H17N3O/c1-9-12(16(2)13(14)15-9)8-10-4-6-11(17-3)7-5-10/h4-7H,8H2,1-3H3,(H2,14,15). The fourth-order valence-corrected chi connectivity index (χ4v) is 1.88. The number of imidazole rings is 1. The Morgan fingerprint density at radius 1 is 1.29 bits per heavy atom. The first-order valence-electron chi connectivity index (χ1n) is 5.52. The summed E-state index contributed by atoms with van der Waals surface area (Å²) in [6.07, 6.45) is 0.830. The third-order valence-corrected chi connectivity index (χ3v) is 2.98. The molecule has 0 saturated heterocycles. The molecule has 2 aromatic rings. The minimum Gasteiger partial charge on any atom is -0.497 e. The van der Waals surface area contributed by atoms with Crippen LogP contribution in [-0.2, 0) is 13.5 Å². The fourth-order valence-electron chi connectivity index (χ4n) is 1.88. The second kappa shape index (κ2) is 4.49. The summed E-state index contributed by atoms with van der Waals surface area (Å²) < 4.78 is 7.06. The number of nitrogen functional groups attached to an aromatic ring is 1. The summed E-state index contributed by atoms with van der Waals surface area (Å²) in [4.78, 5) is 4.26. The molecule has 4 heteroatoms. The van der Waals surface area contributed by atoms with Gasteiger partial charge in [-0.25, -0.2) is 4.98 Å². The number of hydrogen-bond acceptors (Lipinski definition) is 3. The monoisotopic (exact) mass is 231 g/mol. The molecule has 2 rings (SSSR count). The van der Waals surface area contributed by atoms with E-state index in [1.807, 2.05) is 30.7 Å². The average Bonchev–Trinajstić information content (AvgIpc) is 2.57. The Labute approximate surface area is 101 Å². The molecule has 4 nitrogen and oxygen atoms in total. The molecule has 0 saturated carbocycles. The van der Waals surface area contributed by atoms with Crippen molar-refractivity contribution < 1.29 is 4.74 Å². The highest BCUT2D eigenvalue weighted by Gasteiger charge is 2.09. The van der Waals surface area contributed by atoms with Gasteiger partial charge in [-0.2, -0.15) is 0 Å². The molecule has 0 fully saturated rings. The van der Waals surface area contributed by atoms with Gasteiger partial charge < -0.3 is 15.0 Å². The van der Waals surface area contributed by atoms with E-state index < -0.39 is 0 Å². The Balaban J connectivity index is 2.25. The summed E-state index contributed by atoms with van der Waals surface area (Å²) >= 11 is 0. The van der Waals surface area contributed by atoms with Gasteiger partial charge in [0.25, 0.3) is 0 Å². The highest BCUT2D eigenvalue weighted by molar-refractivity contribution is 5.34. The van der Waals surface area contributed by atoms with Gasteiger partial charge in [0, 0.05) is 19.2 Å².